The third-order valence-corrected chi connectivity index (χ3v) is 5.64. The van der Waals surface area contributed by atoms with Gasteiger partial charge < -0.3 is 15.3 Å². The number of anilines is 1. The maximum absolute atomic E-state index is 13.4. The van der Waals surface area contributed by atoms with Crippen LogP contribution in [0.2, 0.25) is 0 Å². The van der Waals surface area contributed by atoms with E-state index in [0.717, 1.165) is 23.7 Å². The first-order valence-corrected chi connectivity index (χ1v) is 10.4. The SMILES string of the molecule is Cc1cc(C)nc(NC(=S)N2CCN(Cc3ccc(C(C)(F)F)cc3)C(CO)C2)c1. The molecule has 1 aliphatic heterocycles. The van der Waals surface area contributed by atoms with Gasteiger partial charge in [-0.2, -0.15) is 0 Å². The molecule has 0 bridgehead atoms. The van der Waals surface area contributed by atoms with Crippen molar-refractivity contribution in [3.05, 3.63) is 58.8 Å². The Morgan fingerprint density at radius 2 is 1.93 bits per heavy atom. The highest BCUT2D eigenvalue weighted by Crippen LogP contribution is 2.27. The van der Waals surface area contributed by atoms with Crippen LogP contribution in [0.25, 0.3) is 0 Å². The van der Waals surface area contributed by atoms with Crippen LogP contribution in [0.4, 0.5) is 14.6 Å². The van der Waals surface area contributed by atoms with E-state index in [0.29, 0.717) is 37.1 Å². The lowest BCUT2D eigenvalue weighted by molar-refractivity contribution is 0.0174. The van der Waals surface area contributed by atoms with Crippen LogP contribution in [0.5, 0.6) is 0 Å². The lowest BCUT2D eigenvalue weighted by Gasteiger charge is -2.41. The zero-order valence-corrected chi connectivity index (χ0v) is 18.3. The molecule has 162 valence electrons. The lowest BCUT2D eigenvalue weighted by atomic mass is 10.1. The number of aromatic nitrogens is 1. The van der Waals surface area contributed by atoms with Gasteiger partial charge in [0.2, 0.25) is 0 Å². The molecule has 2 aromatic rings. The maximum Gasteiger partial charge on any atom is 0.270 e. The van der Waals surface area contributed by atoms with Crippen LogP contribution in [0.3, 0.4) is 0 Å². The van der Waals surface area contributed by atoms with Gasteiger partial charge in [-0.15, -0.1) is 0 Å². The number of hydrogen-bond acceptors (Lipinski definition) is 4. The summed E-state index contributed by atoms with van der Waals surface area (Å²) < 4.78 is 26.8. The first kappa shape index (κ1) is 22.5. The molecule has 1 fully saturated rings. The minimum atomic E-state index is -2.84. The first-order valence-electron chi connectivity index (χ1n) is 9.99. The molecule has 5 nitrogen and oxygen atoms in total. The summed E-state index contributed by atoms with van der Waals surface area (Å²) in [5.74, 6) is -2.13. The maximum atomic E-state index is 13.4. The molecule has 0 amide bonds. The quantitative estimate of drug-likeness (QED) is 0.700. The summed E-state index contributed by atoms with van der Waals surface area (Å²) in [6.45, 7) is 7.43. The fourth-order valence-corrected chi connectivity index (χ4v) is 3.96. The molecule has 1 atom stereocenters. The zero-order chi connectivity index (χ0) is 21.9. The van der Waals surface area contributed by atoms with E-state index in [1.54, 1.807) is 12.1 Å². The molecule has 0 aliphatic carbocycles. The molecule has 3 rings (SSSR count). The number of pyridine rings is 1. The van der Waals surface area contributed by atoms with Crippen molar-refractivity contribution in [1.29, 1.82) is 0 Å². The normalized spacial score (nSPS) is 17.8. The third-order valence-electron chi connectivity index (χ3n) is 5.28. The van der Waals surface area contributed by atoms with E-state index in [1.165, 1.54) is 12.1 Å². The van der Waals surface area contributed by atoms with Gasteiger partial charge in [0.25, 0.3) is 5.92 Å². The van der Waals surface area contributed by atoms with Gasteiger partial charge >= 0.3 is 0 Å². The Kier molecular flexibility index (Phi) is 7.00. The predicted octanol–water partition coefficient (Wildman–Crippen LogP) is 3.69. The van der Waals surface area contributed by atoms with Gasteiger partial charge in [0, 0.05) is 44.4 Å². The molecule has 8 heteroatoms. The summed E-state index contributed by atoms with van der Waals surface area (Å²) in [4.78, 5) is 8.66. The molecular formula is C22H28F2N4OS. The van der Waals surface area contributed by atoms with Crippen LogP contribution in [-0.2, 0) is 12.5 Å². The lowest BCUT2D eigenvalue weighted by Crippen LogP contribution is -2.56. The number of aliphatic hydroxyl groups excluding tert-OH is 1. The molecule has 1 saturated heterocycles. The number of nitrogens with zero attached hydrogens (tertiary/aromatic N) is 3. The van der Waals surface area contributed by atoms with E-state index in [4.69, 9.17) is 12.2 Å². The van der Waals surface area contributed by atoms with E-state index in [1.807, 2.05) is 30.9 Å². The van der Waals surface area contributed by atoms with Crippen molar-refractivity contribution in [2.45, 2.75) is 39.3 Å². The van der Waals surface area contributed by atoms with E-state index < -0.39 is 5.92 Å². The molecule has 1 aromatic heterocycles. The third kappa shape index (κ3) is 5.71. The Morgan fingerprint density at radius 3 is 2.53 bits per heavy atom. The molecule has 0 saturated carbocycles. The van der Waals surface area contributed by atoms with Gasteiger partial charge in [0.15, 0.2) is 5.11 Å². The first-order chi connectivity index (χ1) is 14.2. The summed E-state index contributed by atoms with van der Waals surface area (Å²) in [6.07, 6.45) is 0. The van der Waals surface area contributed by atoms with Crippen molar-refractivity contribution in [2.24, 2.45) is 0 Å². The largest absolute Gasteiger partial charge is 0.395 e. The second-order valence-electron chi connectivity index (χ2n) is 7.94. The Morgan fingerprint density at radius 1 is 1.23 bits per heavy atom. The number of piperazine rings is 1. The molecule has 1 aliphatic rings. The molecule has 0 spiro atoms. The van der Waals surface area contributed by atoms with Crippen LogP contribution < -0.4 is 5.32 Å². The zero-order valence-electron chi connectivity index (χ0n) is 17.5. The predicted molar refractivity (Wildman–Crippen MR) is 119 cm³/mol. The number of nitrogens with one attached hydrogen (secondary N) is 1. The molecular weight excluding hydrogens is 406 g/mol. The molecule has 2 heterocycles. The molecule has 30 heavy (non-hydrogen) atoms. The Balaban J connectivity index is 1.61. The average Bonchev–Trinajstić information content (AvgIpc) is 2.67. The van der Waals surface area contributed by atoms with Gasteiger partial charge in [-0.05, 0) is 49.3 Å². The number of hydrogen-bond donors (Lipinski definition) is 2. The summed E-state index contributed by atoms with van der Waals surface area (Å²) in [6, 6.07) is 10.2. The number of thiocarbonyl (C=S) groups is 1. The van der Waals surface area contributed by atoms with Crippen LogP contribution in [0.1, 0.15) is 29.3 Å². The van der Waals surface area contributed by atoms with Crippen molar-refractivity contribution in [2.75, 3.05) is 31.6 Å². The van der Waals surface area contributed by atoms with Gasteiger partial charge in [0.1, 0.15) is 5.82 Å². The average molecular weight is 435 g/mol. The molecule has 1 aromatic carbocycles. The van der Waals surface area contributed by atoms with Gasteiger partial charge in [-0.25, -0.2) is 13.8 Å². The molecule has 2 N–H and O–H groups in total. The Labute approximate surface area is 181 Å². The summed E-state index contributed by atoms with van der Waals surface area (Å²) in [7, 11) is 0. The number of alkyl halides is 2. The number of rotatable bonds is 5. The van der Waals surface area contributed by atoms with Crippen LogP contribution in [0, 0.1) is 13.8 Å². The van der Waals surface area contributed by atoms with Crippen molar-refractivity contribution in [3.63, 3.8) is 0 Å². The second-order valence-corrected chi connectivity index (χ2v) is 8.33. The van der Waals surface area contributed by atoms with Crippen molar-refractivity contribution >= 4 is 23.1 Å². The number of benzene rings is 1. The fourth-order valence-electron chi connectivity index (χ4n) is 3.69. The van der Waals surface area contributed by atoms with Crippen molar-refractivity contribution < 1.29 is 13.9 Å². The summed E-state index contributed by atoms with van der Waals surface area (Å²) in [5.41, 5.74) is 2.98. The van der Waals surface area contributed by atoms with E-state index in [2.05, 4.69) is 15.2 Å². The monoisotopic (exact) mass is 434 g/mol. The number of aryl methyl sites for hydroxylation is 2. The van der Waals surface area contributed by atoms with E-state index in [9.17, 15) is 13.9 Å². The molecule has 1 unspecified atom stereocenters. The highest BCUT2D eigenvalue weighted by molar-refractivity contribution is 7.80. The van der Waals surface area contributed by atoms with Crippen LogP contribution in [0.15, 0.2) is 36.4 Å². The summed E-state index contributed by atoms with van der Waals surface area (Å²) in [5, 5.41) is 13.7. The highest BCUT2D eigenvalue weighted by atomic mass is 32.1. The highest BCUT2D eigenvalue weighted by Gasteiger charge is 2.28. The standard InChI is InChI=1S/C22H28F2N4OS/c1-15-10-16(2)25-20(11-15)26-21(30)28-9-8-27(19(13-28)14-29)12-17-4-6-18(7-5-17)22(3,23)24/h4-7,10-11,19,29H,8-9,12-14H2,1-3H3,(H,25,26,30). The minimum Gasteiger partial charge on any atom is -0.395 e. The topological polar surface area (TPSA) is 51.6 Å². The Bertz CT molecular complexity index is 865. The minimum absolute atomic E-state index is 0.00574. The van der Waals surface area contributed by atoms with Crippen LogP contribution >= 0.6 is 12.2 Å². The van der Waals surface area contributed by atoms with Gasteiger partial charge in [-0.1, -0.05) is 24.3 Å². The van der Waals surface area contributed by atoms with E-state index in [-0.39, 0.29) is 18.2 Å². The van der Waals surface area contributed by atoms with Gasteiger partial charge in [-0.3, -0.25) is 4.90 Å². The van der Waals surface area contributed by atoms with Crippen LogP contribution in [-0.4, -0.2) is 57.3 Å². The Hall–Kier alpha value is -2.16. The smallest absolute Gasteiger partial charge is 0.270 e. The summed E-state index contributed by atoms with van der Waals surface area (Å²) >= 11 is 5.56. The van der Waals surface area contributed by atoms with Crippen molar-refractivity contribution in [3.8, 4) is 0 Å². The second kappa shape index (κ2) is 9.32. The van der Waals surface area contributed by atoms with Crippen molar-refractivity contribution in [1.82, 2.24) is 14.8 Å². The fraction of sp³-hybridized carbons (Fsp3) is 0.455. The number of aliphatic hydroxyl groups is 1. The van der Waals surface area contributed by atoms with Gasteiger partial charge in [0.05, 0.1) is 12.6 Å². The molecule has 0 radical (unpaired) electrons. The number of halogens is 2. The van der Waals surface area contributed by atoms with E-state index >= 15 is 0 Å².